The molecule has 0 heterocycles. The van der Waals surface area contributed by atoms with Gasteiger partial charge in [0.05, 0.1) is 24.2 Å². The molecule has 0 saturated carbocycles. The van der Waals surface area contributed by atoms with Crippen molar-refractivity contribution in [3.05, 3.63) is 29.3 Å². The summed E-state index contributed by atoms with van der Waals surface area (Å²) in [7, 11) is 1.65. The number of para-hydroxylation sites is 1. The summed E-state index contributed by atoms with van der Waals surface area (Å²) in [5.74, 6) is 0.0595. The first kappa shape index (κ1) is 19.3. The number of rotatable bonds is 8. The molecule has 0 fully saturated rings. The van der Waals surface area contributed by atoms with Crippen LogP contribution in [0.1, 0.15) is 13.8 Å². The van der Waals surface area contributed by atoms with E-state index >= 15 is 0 Å². The van der Waals surface area contributed by atoms with Crippen molar-refractivity contribution in [3.8, 4) is 5.75 Å². The smallest absolute Gasteiger partial charge is 0.241 e. The second-order valence-corrected chi connectivity index (χ2v) is 5.99. The molecule has 1 aromatic carbocycles. The molecule has 0 spiro atoms. The van der Waals surface area contributed by atoms with E-state index in [1.54, 1.807) is 19.2 Å². The molecule has 3 N–H and O–H groups in total. The van der Waals surface area contributed by atoms with Crippen LogP contribution in [0, 0.1) is 5.92 Å². The highest BCUT2D eigenvalue weighted by Crippen LogP contribution is 2.22. The number of carbonyl (C=O) groups is 2. The number of ether oxygens (including phenoxy) is 1. The van der Waals surface area contributed by atoms with Crippen LogP contribution in [-0.2, 0) is 9.59 Å². The molecule has 0 bridgehead atoms. The lowest BCUT2D eigenvalue weighted by atomic mass is 10.1. The highest BCUT2D eigenvalue weighted by molar-refractivity contribution is 6.32. The number of carbonyl (C=O) groups excluding carboxylic acids is 2. The summed E-state index contributed by atoms with van der Waals surface area (Å²) in [5, 5.41) is 3.07. The van der Waals surface area contributed by atoms with Gasteiger partial charge in [0.1, 0.15) is 12.4 Å². The third-order valence-electron chi connectivity index (χ3n) is 3.38. The second-order valence-electron chi connectivity index (χ2n) is 5.58. The normalized spacial score (nSPS) is 11.9. The Hall–Kier alpha value is -1.79. The standard InChI is InChI=1S/C16H24ClN3O3/c1-11(2)15(18)16(22)19-10-14(21)20(3)8-9-23-13-7-5-4-6-12(13)17/h4-7,11,15H,8-10,18H2,1-3H3,(H,19,22)/t15-/m0/s1. The SMILES string of the molecule is CC(C)[C@H](N)C(=O)NCC(=O)N(C)CCOc1ccccc1Cl. The number of amides is 2. The number of nitrogens with zero attached hydrogens (tertiary/aromatic N) is 1. The van der Waals surface area contributed by atoms with Crippen molar-refractivity contribution in [1.82, 2.24) is 10.2 Å². The molecular weight excluding hydrogens is 318 g/mol. The van der Waals surface area contributed by atoms with Gasteiger partial charge in [-0.3, -0.25) is 9.59 Å². The number of nitrogens with two attached hydrogens (primary N) is 1. The highest BCUT2D eigenvalue weighted by Gasteiger charge is 2.18. The van der Waals surface area contributed by atoms with Gasteiger partial charge in [-0.2, -0.15) is 0 Å². The number of halogens is 1. The molecule has 0 aliphatic heterocycles. The quantitative estimate of drug-likeness (QED) is 0.746. The predicted octanol–water partition coefficient (Wildman–Crippen LogP) is 1.28. The first-order valence-corrected chi connectivity index (χ1v) is 7.85. The number of hydrogen-bond acceptors (Lipinski definition) is 4. The van der Waals surface area contributed by atoms with Crippen molar-refractivity contribution in [2.75, 3.05) is 26.7 Å². The molecule has 0 aliphatic carbocycles. The summed E-state index contributed by atoms with van der Waals surface area (Å²) in [6.45, 7) is 4.32. The van der Waals surface area contributed by atoms with Gasteiger partial charge in [-0.25, -0.2) is 0 Å². The number of hydrogen-bond donors (Lipinski definition) is 2. The van der Waals surface area contributed by atoms with Crippen LogP contribution < -0.4 is 15.8 Å². The highest BCUT2D eigenvalue weighted by atomic mass is 35.5. The third-order valence-corrected chi connectivity index (χ3v) is 3.69. The lowest BCUT2D eigenvalue weighted by molar-refractivity contribution is -0.132. The van der Waals surface area contributed by atoms with Crippen LogP contribution in [0.3, 0.4) is 0 Å². The lowest BCUT2D eigenvalue weighted by Gasteiger charge is -2.19. The summed E-state index contributed by atoms with van der Waals surface area (Å²) in [5.41, 5.74) is 5.71. The van der Waals surface area contributed by atoms with Gasteiger partial charge < -0.3 is 20.7 Å². The second kappa shape index (κ2) is 9.37. The molecule has 1 rings (SSSR count). The Morgan fingerprint density at radius 2 is 2.00 bits per heavy atom. The monoisotopic (exact) mass is 341 g/mol. The van der Waals surface area contributed by atoms with Gasteiger partial charge in [0.2, 0.25) is 11.8 Å². The average Bonchev–Trinajstić information content (AvgIpc) is 2.52. The minimum absolute atomic E-state index is 0.0202. The molecule has 6 nitrogen and oxygen atoms in total. The minimum atomic E-state index is -0.614. The topological polar surface area (TPSA) is 84.7 Å². The molecule has 1 atom stereocenters. The molecule has 23 heavy (non-hydrogen) atoms. The van der Waals surface area contributed by atoms with E-state index in [1.807, 2.05) is 26.0 Å². The molecule has 128 valence electrons. The van der Waals surface area contributed by atoms with Gasteiger partial charge >= 0.3 is 0 Å². The third kappa shape index (κ3) is 6.46. The van der Waals surface area contributed by atoms with E-state index in [9.17, 15) is 9.59 Å². The first-order valence-electron chi connectivity index (χ1n) is 7.47. The van der Waals surface area contributed by atoms with Crippen molar-refractivity contribution >= 4 is 23.4 Å². The fourth-order valence-electron chi connectivity index (χ4n) is 1.70. The van der Waals surface area contributed by atoms with Crippen LogP contribution in [0.15, 0.2) is 24.3 Å². The fourth-order valence-corrected chi connectivity index (χ4v) is 1.89. The molecule has 7 heteroatoms. The van der Waals surface area contributed by atoms with Gasteiger partial charge in [-0.05, 0) is 18.1 Å². The number of benzene rings is 1. The zero-order valence-electron chi connectivity index (χ0n) is 13.7. The van der Waals surface area contributed by atoms with Crippen LogP contribution in [0.4, 0.5) is 0 Å². The molecule has 1 aromatic rings. The van der Waals surface area contributed by atoms with E-state index in [0.29, 0.717) is 23.9 Å². The first-order chi connectivity index (χ1) is 10.8. The summed E-state index contributed by atoms with van der Waals surface area (Å²) >= 11 is 5.98. The molecular formula is C16H24ClN3O3. The fraction of sp³-hybridized carbons (Fsp3) is 0.500. The Labute approximate surface area is 141 Å². The molecule has 2 amide bonds. The van der Waals surface area contributed by atoms with E-state index in [4.69, 9.17) is 22.1 Å². The molecule has 0 radical (unpaired) electrons. The largest absolute Gasteiger partial charge is 0.490 e. The van der Waals surface area contributed by atoms with E-state index in [2.05, 4.69) is 5.32 Å². The Morgan fingerprint density at radius 3 is 2.61 bits per heavy atom. The predicted molar refractivity (Wildman–Crippen MR) is 90.4 cm³/mol. The van der Waals surface area contributed by atoms with Gasteiger partial charge in [-0.15, -0.1) is 0 Å². The zero-order chi connectivity index (χ0) is 17.4. The van der Waals surface area contributed by atoms with E-state index < -0.39 is 6.04 Å². The Morgan fingerprint density at radius 1 is 1.35 bits per heavy atom. The van der Waals surface area contributed by atoms with Crippen LogP contribution in [-0.4, -0.2) is 49.5 Å². The molecule has 0 saturated heterocycles. The summed E-state index contributed by atoms with van der Waals surface area (Å²) in [6.07, 6.45) is 0. The van der Waals surface area contributed by atoms with Crippen LogP contribution in [0.25, 0.3) is 0 Å². The van der Waals surface area contributed by atoms with Crippen LogP contribution in [0.2, 0.25) is 5.02 Å². The van der Waals surface area contributed by atoms with Crippen molar-refractivity contribution in [2.45, 2.75) is 19.9 Å². The van der Waals surface area contributed by atoms with Crippen molar-refractivity contribution in [2.24, 2.45) is 11.7 Å². The maximum absolute atomic E-state index is 11.9. The average molecular weight is 342 g/mol. The number of nitrogens with one attached hydrogen (secondary N) is 1. The van der Waals surface area contributed by atoms with E-state index in [-0.39, 0.29) is 24.3 Å². The van der Waals surface area contributed by atoms with E-state index in [0.717, 1.165) is 0 Å². The Bertz CT molecular complexity index is 537. The van der Waals surface area contributed by atoms with Gasteiger partial charge in [0.25, 0.3) is 0 Å². The van der Waals surface area contributed by atoms with E-state index in [1.165, 1.54) is 4.90 Å². The number of likely N-dealkylation sites (N-methyl/N-ethyl adjacent to an activating group) is 1. The Kier molecular flexibility index (Phi) is 7.85. The summed E-state index contributed by atoms with van der Waals surface area (Å²) in [6, 6.07) is 6.52. The van der Waals surface area contributed by atoms with Gasteiger partial charge in [-0.1, -0.05) is 37.6 Å². The summed E-state index contributed by atoms with van der Waals surface area (Å²) < 4.78 is 5.52. The van der Waals surface area contributed by atoms with Crippen molar-refractivity contribution in [3.63, 3.8) is 0 Å². The minimum Gasteiger partial charge on any atom is -0.490 e. The maximum Gasteiger partial charge on any atom is 0.241 e. The Balaban J connectivity index is 2.32. The molecule has 0 aliphatic rings. The van der Waals surface area contributed by atoms with Gasteiger partial charge in [0, 0.05) is 7.05 Å². The lowest BCUT2D eigenvalue weighted by Crippen LogP contribution is -2.47. The van der Waals surface area contributed by atoms with Crippen molar-refractivity contribution < 1.29 is 14.3 Å². The molecule has 0 aromatic heterocycles. The van der Waals surface area contributed by atoms with Crippen LogP contribution >= 0.6 is 11.6 Å². The molecule has 0 unspecified atom stereocenters. The van der Waals surface area contributed by atoms with Crippen LogP contribution in [0.5, 0.6) is 5.75 Å². The van der Waals surface area contributed by atoms with Gasteiger partial charge in [0.15, 0.2) is 0 Å². The summed E-state index contributed by atoms with van der Waals surface area (Å²) in [4.78, 5) is 25.1. The maximum atomic E-state index is 11.9. The zero-order valence-corrected chi connectivity index (χ0v) is 14.5. The van der Waals surface area contributed by atoms with Crippen molar-refractivity contribution in [1.29, 1.82) is 0 Å².